The second kappa shape index (κ2) is 10.4. The smallest absolute Gasteiger partial charge is 0.223 e. The van der Waals surface area contributed by atoms with E-state index in [1.165, 1.54) is 5.56 Å². The Hall–Kier alpha value is -3.49. The maximum Gasteiger partial charge on any atom is 0.223 e. The Morgan fingerprint density at radius 1 is 0.943 bits per heavy atom. The molecule has 1 aliphatic heterocycles. The Bertz CT molecular complexity index is 1250. The van der Waals surface area contributed by atoms with Crippen LogP contribution in [0, 0.1) is 0 Å². The van der Waals surface area contributed by atoms with E-state index in [9.17, 15) is 0 Å². The van der Waals surface area contributed by atoms with Gasteiger partial charge in [0.05, 0.1) is 29.4 Å². The van der Waals surface area contributed by atoms with Gasteiger partial charge in [-0.2, -0.15) is 0 Å². The number of anilines is 2. The zero-order chi connectivity index (χ0) is 24.2. The molecule has 1 aliphatic rings. The highest BCUT2D eigenvalue weighted by Gasteiger charge is 2.22. The number of thiazole rings is 1. The number of nitrogens with zero attached hydrogens (tertiary/aromatic N) is 5. The van der Waals surface area contributed by atoms with Gasteiger partial charge >= 0.3 is 0 Å². The number of aromatic nitrogens is 3. The Balaban J connectivity index is 1.49. The predicted octanol–water partition coefficient (Wildman–Crippen LogP) is 5.20. The van der Waals surface area contributed by atoms with Crippen LogP contribution in [0.4, 0.5) is 11.1 Å². The summed E-state index contributed by atoms with van der Waals surface area (Å²) in [6.45, 7) is 6.12. The van der Waals surface area contributed by atoms with E-state index in [1.807, 2.05) is 42.6 Å². The van der Waals surface area contributed by atoms with Crippen LogP contribution in [0.5, 0.6) is 5.75 Å². The van der Waals surface area contributed by atoms with Crippen LogP contribution in [-0.2, 0) is 0 Å². The Morgan fingerprint density at radius 3 is 2.40 bits per heavy atom. The molecule has 1 atom stereocenters. The molecule has 4 aromatic rings. The van der Waals surface area contributed by atoms with E-state index < -0.39 is 0 Å². The number of ether oxygens (including phenoxy) is 1. The zero-order valence-corrected chi connectivity index (χ0v) is 21.1. The Labute approximate surface area is 210 Å². The Kier molecular flexibility index (Phi) is 6.92. The second-order valence-corrected chi connectivity index (χ2v) is 9.71. The topological polar surface area (TPSA) is 66.4 Å². The average molecular weight is 487 g/mol. The molecule has 0 saturated carbocycles. The van der Waals surface area contributed by atoms with Crippen molar-refractivity contribution in [2.45, 2.75) is 13.0 Å². The summed E-state index contributed by atoms with van der Waals surface area (Å²) in [6, 6.07) is 20.4. The fourth-order valence-corrected chi connectivity index (χ4v) is 5.24. The first-order valence-corrected chi connectivity index (χ1v) is 12.7. The van der Waals surface area contributed by atoms with Gasteiger partial charge in [0.2, 0.25) is 5.95 Å². The maximum atomic E-state index is 5.36. The summed E-state index contributed by atoms with van der Waals surface area (Å²) in [5.41, 5.74) is 4.04. The molecule has 1 saturated heterocycles. The minimum absolute atomic E-state index is 0.0925. The van der Waals surface area contributed by atoms with Crippen molar-refractivity contribution >= 4 is 22.4 Å². The van der Waals surface area contributed by atoms with E-state index in [4.69, 9.17) is 14.7 Å². The largest absolute Gasteiger partial charge is 0.497 e. The predicted molar refractivity (Wildman–Crippen MR) is 143 cm³/mol. The van der Waals surface area contributed by atoms with Crippen LogP contribution >= 0.6 is 11.3 Å². The van der Waals surface area contributed by atoms with Crippen molar-refractivity contribution in [1.82, 2.24) is 19.9 Å². The molecule has 1 fully saturated rings. The van der Waals surface area contributed by atoms with Crippen LogP contribution in [-0.4, -0.2) is 60.2 Å². The van der Waals surface area contributed by atoms with Crippen molar-refractivity contribution < 1.29 is 4.74 Å². The summed E-state index contributed by atoms with van der Waals surface area (Å²) < 4.78 is 5.36. The van der Waals surface area contributed by atoms with E-state index in [2.05, 4.69) is 58.3 Å². The van der Waals surface area contributed by atoms with Gasteiger partial charge in [-0.1, -0.05) is 41.7 Å². The lowest BCUT2D eigenvalue weighted by atomic mass is 10.1. The normalized spacial score (nSPS) is 15.1. The minimum Gasteiger partial charge on any atom is -0.497 e. The lowest BCUT2D eigenvalue weighted by Crippen LogP contribution is -2.44. The molecule has 0 aliphatic carbocycles. The highest BCUT2D eigenvalue weighted by Crippen LogP contribution is 2.40. The molecule has 0 amide bonds. The third kappa shape index (κ3) is 5.28. The van der Waals surface area contributed by atoms with Gasteiger partial charge in [-0.25, -0.2) is 15.0 Å². The highest BCUT2D eigenvalue weighted by atomic mass is 32.1. The molecule has 3 heterocycles. The molecular weight excluding hydrogens is 456 g/mol. The van der Waals surface area contributed by atoms with Gasteiger partial charge in [-0.3, -0.25) is 0 Å². The van der Waals surface area contributed by atoms with E-state index >= 15 is 0 Å². The van der Waals surface area contributed by atoms with Crippen molar-refractivity contribution in [3.63, 3.8) is 0 Å². The van der Waals surface area contributed by atoms with Gasteiger partial charge in [0.25, 0.3) is 0 Å². The van der Waals surface area contributed by atoms with Crippen molar-refractivity contribution in [1.29, 1.82) is 0 Å². The highest BCUT2D eigenvalue weighted by molar-refractivity contribution is 7.19. The van der Waals surface area contributed by atoms with Gasteiger partial charge in [-0.15, -0.1) is 0 Å². The van der Waals surface area contributed by atoms with Crippen LogP contribution in [0.15, 0.2) is 66.9 Å². The van der Waals surface area contributed by atoms with Crippen LogP contribution in [0.1, 0.15) is 18.5 Å². The molecule has 35 heavy (non-hydrogen) atoms. The third-order valence-corrected chi connectivity index (χ3v) is 7.43. The first-order chi connectivity index (χ1) is 17.1. The Morgan fingerprint density at radius 2 is 1.69 bits per heavy atom. The van der Waals surface area contributed by atoms with Gasteiger partial charge in [0.15, 0.2) is 5.13 Å². The first-order valence-electron chi connectivity index (χ1n) is 11.8. The molecular formula is C27H30N6OS. The molecule has 5 rings (SSSR count). The number of rotatable bonds is 7. The van der Waals surface area contributed by atoms with Crippen LogP contribution in [0.25, 0.3) is 21.8 Å². The van der Waals surface area contributed by atoms with Crippen molar-refractivity contribution in [2.75, 3.05) is 50.6 Å². The summed E-state index contributed by atoms with van der Waals surface area (Å²) >= 11 is 1.70. The first kappa shape index (κ1) is 23.3. The zero-order valence-electron chi connectivity index (χ0n) is 20.3. The molecule has 7 nitrogen and oxygen atoms in total. The number of hydrogen-bond acceptors (Lipinski definition) is 8. The van der Waals surface area contributed by atoms with Crippen LogP contribution < -0.4 is 15.0 Å². The minimum atomic E-state index is 0.0925. The molecule has 0 bridgehead atoms. The number of methoxy groups -OCH3 is 1. The SMILES string of the molecule is COc1ccc(-c2nc(N3CCN(C)CC3)sc2-c2ccnc(N[C@@H](C)c3ccccc3)n2)cc1. The molecule has 180 valence electrons. The molecule has 0 radical (unpaired) electrons. The fraction of sp³-hybridized carbons (Fsp3) is 0.296. The van der Waals surface area contributed by atoms with E-state index in [0.717, 1.165) is 58.9 Å². The fourth-order valence-electron chi connectivity index (χ4n) is 4.13. The van der Waals surface area contributed by atoms with Gasteiger partial charge < -0.3 is 19.9 Å². The number of piperazine rings is 1. The second-order valence-electron chi connectivity index (χ2n) is 8.74. The summed E-state index contributed by atoms with van der Waals surface area (Å²) in [6.07, 6.45) is 1.81. The molecule has 0 spiro atoms. The monoisotopic (exact) mass is 486 g/mol. The third-order valence-electron chi connectivity index (χ3n) is 6.29. The lowest BCUT2D eigenvalue weighted by molar-refractivity contribution is 0.313. The van der Waals surface area contributed by atoms with Gasteiger partial charge in [0, 0.05) is 37.9 Å². The summed E-state index contributed by atoms with van der Waals surface area (Å²) in [5, 5.41) is 4.48. The lowest BCUT2D eigenvalue weighted by Gasteiger charge is -2.32. The average Bonchev–Trinajstić information content (AvgIpc) is 3.35. The van der Waals surface area contributed by atoms with E-state index in [0.29, 0.717) is 5.95 Å². The number of hydrogen-bond donors (Lipinski definition) is 1. The van der Waals surface area contributed by atoms with Crippen LogP contribution in [0.2, 0.25) is 0 Å². The number of likely N-dealkylation sites (N-methyl/N-ethyl adjacent to an activating group) is 1. The maximum absolute atomic E-state index is 5.36. The van der Waals surface area contributed by atoms with Gasteiger partial charge in [0.1, 0.15) is 5.75 Å². The molecule has 0 unspecified atom stereocenters. The summed E-state index contributed by atoms with van der Waals surface area (Å²) in [4.78, 5) is 20.3. The quantitative estimate of drug-likeness (QED) is 0.385. The molecule has 2 aromatic carbocycles. The molecule has 1 N–H and O–H groups in total. The molecule has 2 aromatic heterocycles. The summed E-state index contributed by atoms with van der Waals surface area (Å²) in [7, 11) is 3.85. The van der Waals surface area contributed by atoms with E-state index in [1.54, 1.807) is 18.4 Å². The van der Waals surface area contributed by atoms with Gasteiger partial charge in [-0.05, 0) is 49.9 Å². The van der Waals surface area contributed by atoms with Crippen molar-refractivity contribution in [2.24, 2.45) is 0 Å². The van der Waals surface area contributed by atoms with Crippen molar-refractivity contribution in [3.05, 3.63) is 72.4 Å². The summed E-state index contributed by atoms with van der Waals surface area (Å²) in [5.74, 6) is 1.43. The van der Waals surface area contributed by atoms with E-state index in [-0.39, 0.29) is 6.04 Å². The number of benzene rings is 2. The van der Waals surface area contributed by atoms with Crippen molar-refractivity contribution in [3.8, 4) is 27.6 Å². The molecule has 8 heteroatoms. The standard InChI is InChI=1S/C27H30N6OS/c1-19(20-7-5-4-6-8-20)29-26-28-14-13-23(30-26)25-24(21-9-11-22(34-3)12-10-21)31-27(35-25)33-17-15-32(2)16-18-33/h4-14,19H,15-18H2,1-3H3,(H,28,29,30)/t19-/m0/s1. The van der Waals surface area contributed by atoms with Crippen LogP contribution in [0.3, 0.4) is 0 Å². The number of nitrogens with one attached hydrogen (secondary N) is 1.